The molecule has 1 fully saturated rings. The number of hydrazine groups is 1. The highest BCUT2D eigenvalue weighted by atomic mass is 35.5. The molecule has 1 heterocycles. The fourth-order valence-corrected chi connectivity index (χ4v) is 4.44. The molecule has 1 aromatic rings. The van der Waals surface area contributed by atoms with Crippen molar-refractivity contribution in [3.63, 3.8) is 0 Å². The zero-order valence-electron chi connectivity index (χ0n) is 12.8. The number of hydrogen-bond acceptors (Lipinski definition) is 5. The summed E-state index contributed by atoms with van der Waals surface area (Å²) >= 11 is 11.6. The van der Waals surface area contributed by atoms with E-state index in [-0.39, 0.29) is 28.5 Å². The lowest BCUT2D eigenvalue weighted by Crippen LogP contribution is -2.48. The first-order chi connectivity index (χ1) is 11.7. The molecular weight excluding hydrogens is 393 g/mol. The van der Waals surface area contributed by atoms with Crippen molar-refractivity contribution in [2.75, 3.05) is 18.1 Å². The van der Waals surface area contributed by atoms with Crippen LogP contribution in [-0.4, -0.2) is 44.2 Å². The highest BCUT2D eigenvalue weighted by molar-refractivity contribution is 7.91. The van der Waals surface area contributed by atoms with Crippen LogP contribution < -0.4 is 16.2 Å². The molecule has 0 bridgehead atoms. The van der Waals surface area contributed by atoms with E-state index in [9.17, 15) is 22.8 Å². The normalized spacial score (nSPS) is 18.4. The Labute approximate surface area is 154 Å². The third-order valence-electron chi connectivity index (χ3n) is 3.51. The van der Waals surface area contributed by atoms with E-state index in [2.05, 4.69) is 16.2 Å². The molecule has 3 amide bonds. The molecule has 0 aromatic heterocycles. The lowest BCUT2D eigenvalue weighted by molar-refractivity contribution is -0.130. The van der Waals surface area contributed by atoms with E-state index in [4.69, 9.17) is 23.2 Å². The summed E-state index contributed by atoms with van der Waals surface area (Å²) < 4.78 is 22.6. The zero-order valence-corrected chi connectivity index (χ0v) is 15.2. The third-order valence-corrected chi connectivity index (χ3v) is 5.83. The summed E-state index contributed by atoms with van der Waals surface area (Å²) in [5.74, 6) is -2.80. The zero-order chi connectivity index (χ0) is 18.6. The molecule has 1 atom stereocenters. The molecule has 0 spiro atoms. The van der Waals surface area contributed by atoms with E-state index in [1.807, 2.05) is 0 Å². The Morgan fingerprint density at radius 3 is 2.48 bits per heavy atom. The van der Waals surface area contributed by atoms with Crippen LogP contribution >= 0.6 is 23.2 Å². The molecule has 0 aliphatic carbocycles. The summed E-state index contributed by atoms with van der Waals surface area (Å²) in [4.78, 5) is 35.3. The van der Waals surface area contributed by atoms with Crippen molar-refractivity contribution in [1.29, 1.82) is 0 Å². The average Bonchev–Trinajstić information content (AvgIpc) is 2.90. The van der Waals surface area contributed by atoms with Gasteiger partial charge in [-0.25, -0.2) is 8.42 Å². The topological polar surface area (TPSA) is 121 Å². The number of amides is 3. The summed E-state index contributed by atoms with van der Waals surface area (Å²) in [6.07, 6.45) is 0.218. The Balaban J connectivity index is 1.77. The number of carbonyl (C=O) groups excluding carboxylic acids is 3. The number of carbonyl (C=O) groups is 3. The van der Waals surface area contributed by atoms with Gasteiger partial charge in [-0.2, -0.15) is 0 Å². The molecule has 1 aliphatic heterocycles. The fourth-order valence-electron chi connectivity index (χ4n) is 2.21. The van der Waals surface area contributed by atoms with Gasteiger partial charge in [-0.15, -0.1) is 0 Å². The molecule has 1 saturated heterocycles. The van der Waals surface area contributed by atoms with Crippen LogP contribution in [0.15, 0.2) is 18.2 Å². The number of benzene rings is 1. The second-order valence-corrected chi connectivity index (χ2v) is 8.52. The van der Waals surface area contributed by atoms with E-state index in [1.54, 1.807) is 0 Å². The Morgan fingerprint density at radius 2 is 1.88 bits per heavy atom. The van der Waals surface area contributed by atoms with Crippen molar-refractivity contribution in [1.82, 2.24) is 16.2 Å². The van der Waals surface area contributed by atoms with Gasteiger partial charge in [-0.3, -0.25) is 25.2 Å². The Bertz CT molecular complexity index is 813. The van der Waals surface area contributed by atoms with Crippen LogP contribution in [0.1, 0.15) is 16.8 Å². The Hall–Kier alpha value is -1.84. The van der Waals surface area contributed by atoms with Crippen molar-refractivity contribution < 1.29 is 22.8 Å². The molecule has 1 aromatic carbocycles. The lowest BCUT2D eigenvalue weighted by atomic mass is 10.1. The van der Waals surface area contributed by atoms with Gasteiger partial charge in [0, 0.05) is 5.02 Å². The maximum absolute atomic E-state index is 11.9. The minimum Gasteiger partial charge on any atom is -0.343 e. The second kappa shape index (κ2) is 8.03. The van der Waals surface area contributed by atoms with Crippen molar-refractivity contribution in [3.05, 3.63) is 33.8 Å². The predicted molar refractivity (Wildman–Crippen MR) is 91.8 cm³/mol. The van der Waals surface area contributed by atoms with Gasteiger partial charge in [0.15, 0.2) is 9.84 Å². The van der Waals surface area contributed by atoms with Gasteiger partial charge in [0.2, 0.25) is 5.91 Å². The molecule has 0 saturated carbocycles. The van der Waals surface area contributed by atoms with E-state index in [0.717, 1.165) is 0 Å². The largest absolute Gasteiger partial charge is 0.343 e. The molecule has 136 valence electrons. The summed E-state index contributed by atoms with van der Waals surface area (Å²) in [5, 5.41) is 2.85. The van der Waals surface area contributed by atoms with Gasteiger partial charge >= 0.3 is 0 Å². The van der Waals surface area contributed by atoms with Crippen molar-refractivity contribution in [2.24, 2.45) is 5.92 Å². The molecule has 0 radical (unpaired) electrons. The van der Waals surface area contributed by atoms with Gasteiger partial charge in [-0.1, -0.05) is 23.2 Å². The average molecular weight is 408 g/mol. The van der Waals surface area contributed by atoms with Gasteiger partial charge < -0.3 is 5.32 Å². The Kier molecular flexibility index (Phi) is 6.26. The first kappa shape index (κ1) is 19.5. The van der Waals surface area contributed by atoms with Crippen molar-refractivity contribution in [2.45, 2.75) is 6.42 Å². The first-order valence-electron chi connectivity index (χ1n) is 7.20. The number of halogens is 2. The molecule has 0 unspecified atom stereocenters. The van der Waals surface area contributed by atoms with E-state index in [0.29, 0.717) is 5.02 Å². The number of hydrogen-bond donors (Lipinski definition) is 3. The smallest absolute Gasteiger partial charge is 0.257 e. The third kappa shape index (κ3) is 5.58. The van der Waals surface area contributed by atoms with Crippen molar-refractivity contribution >= 4 is 50.8 Å². The molecule has 1 aliphatic rings. The number of rotatable bonds is 4. The highest BCUT2D eigenvalue weighted by Gasteiger charge is 2.33. The second-order valence-electron chi connectivity index (χ2n) is 5.44. The van der Waals surface area contributed by atoms with Crippen LogP contribution in [0, 0.1) is 5.92 Å². The lowest BCUT2D eigenvalue weighted by Gasteiger charge is -2.11. The quantitative estimate of drug-likeness (QED) is 0.619. The minimum absolute atomic E-state index is 0.0447. The standard InChI is InChI=1S/C14H15Cl2N3O5S/c15-9-1-2-10(11(16)5-9)14(22)17-6-12(20)18-19-13(21)8-3-4-25(23,24)7-8/h1-2,5,8H,3-4,6-7H2,(H,17,22)(H,18,20)(H,19,21)/t8-/m1/s1. The molecule has 25 heavy (non-hydrogen) atoms. The van der Waals surface area contributed by atoms with E-state index >= 15 is 0 Å². The van der Waals surface area contributed by atoms with Crippen LogP contribution in [0.5, 0.6) is 0 Å². The van der Waals surface area contributed by atoms with Crippen molar-refractivity contribution in [3.8, 4) is 0 Å². The number of nitrogens with one attached hydrogen (secondary N) is 3. The molecule has 8 nitrogen and oxygen atoms in total. The van der Waals surface area contributed by atoms with Crippen LogP contribution in [0.4, 0.5) is 0 Å². The van der Waals surface area contributed by atoms with Crippen LogP contribution in [0.2, 0.25) is 10.0 Å². The molecule has 11 heteroatoms. The van der Waals surface area contributed by atoms with Gasteiger partial charge in [0.25, 0.3) is 11.8 Å². The summed E-state index contributed by atoms with van der Waals surface area (Å²) in [5.41, 5.74) is 4.41. The van der Waals surface area contributed by atoms with E-state index < -0.39 is 40.0 Å². The first-order valence-corrected chi connectivity index (χ1v) is 9.78. The monoisotopic (exact) mass is 407 g/mol. The van der Waals surface area contributed by atoms with Crippen LogP contribution in [0.25, 0.3) is 0 Å². The molecular formula is C14H15Cl2N3O5S. The summed E-state index contributed by atoms with van der Waals surface area (Å²) in [6.45, 7) is -0.402. The van der Waals surface area contributed by atoms with Gasteiger partial charge in [0.1, 0.15) is 0 Å². The summed E-state index contributed by atoms with van der Waals surface area (Å²) in [6, 6.07) is 4.30. The van der Waals surface area contributed by atoms with E-state index in [1.165, 1.54) is 18.2 Å². The Morgan fingerprint density at radius 1 is 1.16 bits per heavy atom. The van der Waals surface area contributed by atoms with Crippen LogP contribution in [-0.2, 0) is 19.4 Å². The predicted octanol–water partition coefficient (Wildman–Crippen LogP) is 0.305. The SMILES string of the molecule is O=C(CNC(=O)c1ccc(Cl)cc1Cl)NNC(=O)[C@@H]1CCS(=O)(=O)C1. The molecule has 3 N–H and O–H groups in total. The minimum atomic E-state index is -3.19. The highest BCUT2D eigenvalue weighted by Crippen LogP contribution is 2.20. The van der Waals surface area contributed by atoms with Gasteiger partial charge in [0.05, 0.1) is 34.6 Å². The van der Waals surface area contributed by atoms with Gasteiger partial charge in [-0.05, 0) is 24.6 Å². The fraction of sp³-hybridized carbons (Fsp3) is 0.357. The number of sulfone groups is 1. The van der Waals surface area contributed by atoms with Crippen LogP contribution in [0.3, 0.4) is 0 Å². The summed E-state index contributed by atoms with van der Waals surface area (Å²) in [7, 11) is -3.19. The maximum Gasteiger partial charge on any atom is 0.257 e. The maximum atomic E-state index is 11.9. The molecule has 2 rings (SSSR count).